The van der Waals surface area contributed by atoms with Gasteiger partial charge in [0.15, 0.2) is 15.6 Å². The van der Waals surface area contributed by atoms with Crippen molar-refractivity contribution in [3.8, 4) is 5.69 Å². The molecule has 164 valence electrons. The van der Waals surface area contributed by atoms with Crippen molar-refractivity contribution in [2.75, 3.05) is 5.75 Å². The highest BCUT2D eigenvalue weighted by molar-refractivity contribution is 7.94. The third kappa shape index (κ3) is 4.77. The second kappa shape index (κ2) is 9.00. The van der Waals surface area contributed by atoms with Crippen LogP contribution < -0.4 is 5.56 Å². The first kappa shape index (κ1) is 23.0. The maximum absolute atomic E-state index is 12.9. The number of fused-ring (bicyclic) bond motifs is 1. The summed E-state index contributed by atoms with van der Waals surface area (Å²) in [6, 6.07) is 14.5. The molecule has 0 aliphatic heterocycles. The molecule has 0 unspecified atom stereocenters. The van der Waals surface area contributed by atoms with E-state index in [0.29, 0.717) is 31.4 Å². The Kier molecular flexibility index (Phi) is 6.47. The topological polar surface area (TPSA) is 73.2 Å². The summed E-state index contributed by atoms with van der Waals surface area (Å²) in [5, 5.41) is 2.00. The number of Topliss-reactive ketones (excluding diaryl/α,β-unsaturated/α-hetero) is 1. The molecule has 0 amide bonds. The van der Waals surface area contributed by atoms with Crippen LogP contribution in [-0.2, 0) is 21.1 Å². The number of aromatic nitrogens is 1. The van der Waals surface area contributed by atoms with Gasteiger partial charge in [0.25, 0.3) is 5.56 Å². The first-order valence-corrected chi connectivity index (χ1v) is 12.8. The summed E-state index contributed by atoms with van der Waals surface area (Å²) in [5.41, 5.74) is 0.736. The number of thiophene rings is 1. The van der Waals surface area contributed by atoms with Crippen LogP contribution in [-0.4, -0.2) is 24.5 Å². The van der Waals surface area contributed by atoms with Crippen LogP contribution in [0.2, 0.25) is 14.4 Å². The molecule has 0 spiro atoms. The van der Waals surface area contributed by atoms with Gasteiger partial charge >= 0.3 is 0 Å². The van der Waals surface area contributed by atoms with Crippen molar-refractivity contribution in [3.63, 3.8) is 0 Å². The van der Waals surface area contributed by atoms with Gasteiger partial charge in [0.2, 0.25) is 0 Å². The number of hydrogen-bond donors (Lipinski definition) is 0. The molecule has 0 bridgehead atoms. The quantitative estimate of drug-likeness (QED) is 0.328. The average molecular weight is 527 g/mol. The molecule has 4 aromatic rings. The van der Waals surface area contributed by atoms with E-state index in [1.54, 1.807) is 48.7 Å². The zero-order valence-corrected chi connectivity index (χ0v) is 20.1. The summed E-state index contributed by atoms with van der Waals surface area (Å²) in [6.45, 7) is 0. The van der Waals surface area contributed by atoms with Crippen molar-refractivity contribution in [2.45, 2.75) is 10.6 Å². The standard InChI is InChI=1S/C22H14Cl3NO4S2/c23-15-2-3-17-14(11-15)7-8-26(22(17)28)19-4-1-13(10-18(19)24)9-16(27)12-32(29,30)21-6-5-20(25)31-21/h1-8,10-11H,9,12H2. The van der Waals surface area contributed by atoms with Crippen LogP contribution in [0.4, 0.5) is 0 Å². The Morgan fingerprint density at radius 2 is 1.75 bits per heavy atom. The smallest absolute Gasteiger partial charge is 0.262 e. The molecule has 2 heterocycles. The summed E-state index contributed by atoms with van der Waals surface area (Å²) in [4.78, 5) is 25.3. The van der Waals surface area contributed by atoms with E-state index in [-0.39, 0.29) is 21.2 Å². The van der Waals surface area contributed by atoms with Crippen LogP contribution in [0.1, 0.15) is 5.56 Å². The van der Waals surface area contributed by atoms with Crippen LogP contribution in [0.3, 0.4) is 0 Å². The molecule has 0 saturated carbocycles. The second-order valence-corrected chi connectivity index (χ2v) is 11.8. The molecule has 0 fully saturated rings. The Balaban J connectivity index is 1.57. The lowest BCUT2D eigenvalue weighted by atomic mass is 10.1. The number of carbonyl (C=O) groups excluding carboxylic acids is 1. The van der Waals surface area contributed by atoms with E-state index in [1.807, 2.05) is 0 Å². The molecular formula is C22H14Cl3NO4S2. The van der Waals surface area contributed by atoms with Gasteiger partial charge in [-0.1, -0.05) is 40.9 Å². The first-order valence-electron chi connectivity index (χ1n) is 9.23. The number of halogens is 3. The fraction of sp³-hybridized carbons (Fsp3) is 0.0909. The number of sulfone groups is 1. The van der Waals surface area contributed by atoms with Gasteiger partial charge in [0.1, 0.15) is 9.96 Å². The minimum Gasteiger partial charge on any atom is -0.298 e. The lowest BCUT2D eigenvalue weighted by molar-refractivity contribution is -0.116. The molecule has 0 atom stereocenters. The van der Waals surface area contributed by atoms with E-state index in [2.05, 4.69) is 0 Å². The molecule has 0 aliphatic carbocycles. The fourth-order valence-corrected chi connectivity index (χ4v) is 6.58. The average Bonchev–Trinajstić information content (AvgIpc) is 3.16. The predicted molar refractivity (Wildman–Crippen MR) is 130 cm³/mol. The summed E-state index contributed by atoms with van der Waals surface area (Å²) >= 11 is 19.1. The van der Waals surface area contributed by atoms with Gasteiger partial charge in [-0.15, -0.1) is 11.3 Å². The molecular weight excluding hydrogens is 513 g/mol. The fourth-order valence-electron chi connectivity index (χ4n) is 3.29. The Morgan fingerprint density at radius 3 is 2.44 bits per heavy atom. The van der Waals surface area contributed by atoms with Crippen LogP contribution >= 0.6 is 46.1 Å². The van der Waals surface area contributed by atoms with E-state index < -0.39 is 21.4 Å². The summed E-state index contributed by atoms with van der Waals surface area (Å²) in [7, 11) is -3.75. The van der Waals surface area contributed by atoms with Crippen molar-refractivity contribution in [1.29, 1.82) is 0 Å². The van der Waals surface area contributed by atoms with E-state index in [4.69, 9.17) is 34.8 Å². The number of carbonyl (C=O) groups is 1. The summed E-state index contributed by atoms with van der Waals surface area (Å²) < 4.78 is 26.6. The molecule has 2 aromatic carbocycles. The molecule has 10 heteroatoms. The molecule has 2 aromatic heterocycles. The molecule has 4 rings (SSSR count). The summed E-state index contributed by atoms with van der Waals surface area (Å²) in [6.07, 6.45) is 1.50. The van der Waals surface area contributed by atoms with Gasteiger partial charge in [-0.05, 0) is 59.5 Å². The second-order valence-electron chi connectivity index (χ2n) is 7.04. The van der Waals surface area contributed by atoms with E-state index in [9.17, 15) is 18.0 Å². The zero-order chi connectivity index (χ0) is 23.0. The van der Waals surface area contributed by atoms with Gasteiger partial charge in [-0.2, -0.15) is 0 Å². The Hall–Kier alpha value is -2.16. The predicted octanol–water partition coefficient (Wildman–Crippen LogP) is 5.60. The number of pyridine rings is 1. The van der Waals surface area contributed by atoms with E-state index in [0.717, 1.165) is 11.3 Å². The maximum atomic E-state index is 12.9. The van der Waals surface area contributed by atoms with Gasteiger partial charge in [-0.25, -0.2) is 8.42 Å². The largest absolute Gasteiger partial charge is 0.298 e. The highest BCUT2D eigenvalue weighted by atomic mass is 35.5. The first-order chi connectivity index (χ1) is 15.1. The molecule has 0 radical (unpaired) electrons. The van der Waals surface area contributed by atoms with Crippen LogP contribution in [0.25, 0.3) is 16.5 Å². The SMILES string of the molecule is O=C(Cc1ccc(-n2ccc3cc(Cl)ccc3c2=O)c(Cl)c1)CS(=O)(=O)c1ccc(Cl)s1. The van der Waals surface area contributed by atoms with E-state index in [1.165, 1.54) is 16.7 Å². The number of nitrogens with zero attached hydrogens (tertiary/aromatic N) is 1. The third-order valence-electron chi connectivity index (χ3n) is 4.74. The van der Waals surface area contributed by atoms with E-state index >= 15 is 0 Å². The van der Waals surface area contributed by atoms with Gasteiger partial charge < -0.3 is 0 Å². The molecule has 32 heavy (non-hydrogen) atoms. The van der Waals surface area contributed by atoms with Crippen molar-refractivity contribution >= 4 is 72.5 Å². The Morgan fingerprint density at radius 1 is 0.969 bits per heavy atom. The third-order valence-corrected chi connectivity index (χ3v) is 8.77. The maximum Gasteiger partial charge on any atom is 0.262 e. The summed E-state index contributed by atoms with van der Waals surface area (Å²) in [5.74, 6) is -1.10. The zero-order valence-electron chi connectivity index (χ0n) is 16.2. The number of hydrogen-bond acceptors (Lipinski definition) is 5. The molecule has 0 aliphatic rings. The number of ketones is 1. The lowest BCUT2D eigenvalue weighted by Gasteiger charge is -2.11. The van der Waals surface area contributed by atoms with Crippen molar-refractivity contribution in [1.82, 2.24) is 4.57 Å². The Labute approximate surface area is 202 Å². The van der Waals surface area contributed by atoms with Gasteiger partial charge in [-0.3, -0.25) is 14.2 Å². The van der Waals surface area contributed by atoms with Gasteiger partial charge in [0, 0.05) is 23.0 Å². The number of benzene rings is 2. The van der Waals surface area contributed by atoms with Crippen molar-refractivity contribution in [3.05, 3.63) is 91.1 Å². The van der Waals surface area contributed by atoms with Crippen LogP contribution in [0.5, 0.6) is 0 Å². The highest BCUT2D eigenvalue weighted by Gasteiger charge is 2.21. The van der Waals surface area contributed by atoms with Crippen LogP contribution in [0.15, 0.2) is 69.8 Å². The molecule has 5 nitrogen and oxygen atoms in total. The normalized spacial score (nSPS) is 11.7. The number of rotatable bonds is 6. The van der Waals surface area contributed by atoms with Crippen molar-refractivity contribution < 1.29 is 13.2 Å². The Bertz CT molecular complexity index is 1520. The minimum absolute atomic E-state index is 0.0567. The lowest BCUT2D eigenvalue weighted by Crippen LogP contribution is -2.19. The van der Waals surface area contributed by atoms with Crippen molar-refractivity contribution in [2.24, 2.45) is 0 Å². The molecule has 0 N–H and O–H groups in total. The van der Waals surface area contributed by atoms with Gasteiger partial charge in [0.05, 0.1) is 15.0 Å². The highest BCUT2D eigenvalue weighted by Crippen LogP contribution is 2.27. The molecule has 0 saturated heterocycles. The monoisotopic (exact) mass is 525 g/mol. The van der Waals surface area contributed by atoms with Crippen LogP contribution in [0, 0.1) is 0 Å². The minimum atomic E-state index is -3.75.